The second-order valence-electron chi connectivity index (χ2n) is 5.17. The van der Waals surface area contributed by atoms with E-state index in [0.717, 1.165) is 12.8 Å². The Balaban J connectivity index is 2.17. The second kappa shape index (κ2) is 5.50. The highest BCUT2D eigenvalue weighted by atomic mass is 32.2. The third-order valence-electron chi connectivity index (χ3n) is 3.76. The molecule has 19 heavy (non-hydrogen) atoms. The van der Waals surface area contributed by atoms with Crippen molar-refractivity contribution in [3.05, 3.63) is 6.20 Å². The molecule has 1 saturated carbocycles. The number of nitrogens with zero attached hydrogens (tertiary/aromatic N) is 3. The van der Waals surface area contributed by atoms with Gasteiger partial charge in [-0.1, -0.05) is 12.8 Å². The van der Waals surface area contributed by atoms with Gasteiger partial charge >= 0.3 is 0 Å². The number of aryl methyl sites for hydroxylation is 1. The zero-order valence-electron chi connectivity index (χ0n) is 11.5. The Morgan fingerprint density at radius 1 is 1.47 bits per heavy atom. The third-order valence-corrected chi connectivity index (χ3v) is 5.60. The van der Waals surface area contributed by atoms with Crippen molar-refractivity contribution < 1.29 is 8.42 Å². The zero-order valence-corrected chi connectivity index (χ0v) is 12.4. The molecule has 1 fully saturated rings. The summed E-state index contributed by atoms with van der Waals surface area (Å²) < 4.78 is 27.9. The molecule has 0 atom stereocenters. The van der Waals surface area contributed by atoms with Crippen molar-refractivity contribution in [2.75, 3.05) is 19.3 Å². The van der Waals surface area contributed by atoms with Crippen LogP contribution in [0.1, 0.15) is 32.6 Å². The second-order valence-corrected chi connectivity index (χ2v) is 7.18. The number of aromatic nitrogens is 2. The molecule has 1 aromatic heterocycles. The highest BCUT2D eigenvalue weighted by Crippen LogP contribution is 2.28. The van der Waals surface area contributed by atoms with Gasteiger partial charge in [-0.3, -0.25) is 4.68 Å². The quantitative estimate of drug-likeness (QED) is 0.884. The van der Waals surface area contributed by atoms with Crippen LogP contribution in [0.25, 0.3) is 0 Å². The molecule has 0 aliphatic heterocycles. The molecule has 1 aliphatic rings. The van der Waals surface area contributed by atoms with E-state index < -0.39 is 10.0 Å². The molecule has 108 valence electrons. The summed E-state index contributed by atoms with van der Waals surface area (Å²) in [7, 11) is -1.90. The van der Waals surface area contributed by atoms with Crippen LogP contribution in [0.3, 0.4) is 0 Å². The van der Waals surface area contributed by atoms with E-state index in [0.29, 0.717) is 19.0 Å². The molecule has 7 heteroatoms. The minimum absolute atomic E-state index is 0.0834. The van der Waals surface area contributed by atoms with Crippen LogP contribution in [0, 0.1) is 5.92 Å². The highest BCUT2D eigenvalue weighted by Gasteiger charge is 2.28. The fraction of sp³-hybridized carbons (Fsp3) is 0.750. The fourth-order valence-corrected chi connectivity index (χ4v) is 3.90. The van der Waals surface area contributed by atoms with Crippen LogP contribution >= 0.6 is 0 Å². The van der Waals surface area contributed by atoms with Crippen LogP contribution in [-0.2, 0) is 16.6 Å². The lowest BCUT2D eigenvalue weighted by Crippen LogP contribution is -2.31. The van der Waals surface area contributed by atoms with Gasteiger partial charge in [0.15, 0.2) is 5.82 Å². The van der Waals surface area contributed by atoms with Gasteiger partial charge in [0.1, 0.15) is 4.90 Å². The molecular formula is C12H22N4O2S. The Morgan fingerprint density at radius 3 is 2.63 bits per heavy atom. The van der Waals surface area contributed by atoms with E-state index in [1.54, 1.807) is 11.7 Å². The number of nitrogens with two attached hydrogens (primary N) is 1. The molecule has 0 bridgehead atoms. The van der Waals surface area contributed by atoms with Crippen molar-refractivity contribution in [1.82, 2.24) is 14.1 Å². The molecule has 2 N–H and O–H groups in total. The van der Waals surface area contributed by atoms with Crippen LogP contribution in [0.2, 0.25) is 0 Å². The molecule has 2 rings (SSSR count). The average Bonchev–Trinajstić information content (AvgIpc) is 2.98. The predicted molar refractivity (Wildman–Crippen MR) is 74.1 cm³/mol. The molecule has 0 spiro atoms. The van der Waals surface area contributed by atoms with E-state index in [-0.39, 0.29) is 10.7 Å². The third kappa shape index (κ3) is 2.92. The van der Waals surface area contributed by atoms with E-state index in [9.17, 15) is 8.42 Å². The van der Waals surface area contributed by atoms with E-state index >= 15 is 0 Å². The van der Waals surface area contributed by atoms with E-state index in [2.05, 4.69) is 5.10 Å². The van der Waals surface area contributed by atoms with Crippen molar-refractivity contribution >= 4 is 15.8 Å². The van der Waals surface area contributed by atoms with Crippen molar-refractivity contribution in [3.63, 3.8) is 0 Å². The molecular weight excluding hydrogens is 264 g/mol. The molecule has 6 nitrogen and oxygen atoms in total. The summed E-state index contributed by atoms with van der Waals surface area (Å²) in [5, 5.41) is 4.00. The SMILES string of the molecule is CCn1cc(S(=O)(=O)N(C)CC2CCCC2)c(N)n1. The zero-order chi connectivity index (χ0) is 14.0. The number of rotatable bonds is 5. The number of nitrogen functional groups attached to an aromatic ring is 1. The maximum atomic E-state index is 12.5. The van der Waals surface area contributed by atoms with E-state index in [1.807, 2.05) is 6.92 Å². The number of hydrogen-bond acceptors (Lipinski definition) is 4. The van der Waals surface area contributed by atoms with E-state index in [4.69, 9.17) is 5.73 Å². The normalized spacial score (nSPS) is 17.4. The average molecular weight is 286 g/mol. The fourth-order valence-electron chi connectivity index (χ4n) is 2.60. The van der Waals surface area contributed by atoms with Crippen molar-refractivity contribution in [3.8, 4) is 0 Å². The molecule has 0 radical (unpaired) electrons. The van der Waals surface area contributed by atoms with Gasteiger partial charge in [0.05, 0.1) is 0 Å². The van der Waals surface area contributed by atoms with Gasteiger partial charge in [0, 0.05) is 26.3 Å². The van der Waals surface area contributed by atoms with Gasteiger partial charge in [-0.25, -0.2) is 12.7 Å². The maximum absolute atomic E-state index is 12.5. The Labute approximate surface area is 114 Å². The van der Waals surface area contributed by atoms with Crippen LogP contribution in [0.4, 0.5) is 5.82 Å². The number of anilines is 1. The number of sulfonamides is 1. The van der Waals surface area contributed by atoms with E-state index in [1.165, 1.54) is 23.3 Å². The Kier molecular flexibility index (Phi) is 4.15. The lowest BCUT2D eigenvalue weighted by Gasteiger charge is -2.20. The first-order valence-corrected chi connectivity index (χ1v) is 8.18. The monoisotopic (exact) mass is 286 g/mol. The predicted octanol–water partition coefficient (Wildman–Crippen LogP) is 1.30. The standard InChI is InChI=1S/C12H22N4O2S/c1-3-16-9-11(12(13)14-16)19(17,18)15(2)8-10-6-4-5-7-10/h9-10H,3-8H2,1-2H3,(H2,13,14). The summed E-state index contributed by atoms with van der Waals surface area (Å²) in [5.74, 6) is 0.558. The maximum Gasteiger partial charge on any atom is 0.248 e. The van der Waals surface area contributed by atoms with Crippen LogP contribution in [-0.4, -0.2) is 36.1 Å². The lowest BCUT2D eigenvalue weighted by atomic mass is 10.1. The van der Waals surface area contributed by atoms with Crippen LogP contribution < -0.4 is 5.73 Å². The Hall–Kier alpha value is -1.08. The van der Waals surface area contributed by atoms with Gasteiger partial charge in [0.2, 0.25) is 10.0 Å². The van der Waals surface area contributed by atoms with Gasteiger partial charge in [-0.15, -0.1) is 0 Å². The first-order chi connectivity index (χ1) is 8.95. The molecule has 0 unspecified atom stereocenters. The van der Waals surface area contributed by atoms with Crippen LogP contribution in [0.5, 0.6) is 0 Å². The van der Waals surface area contributed by atoms with Crippen molar-refractivity contribution in [2.45, 2.75) is 44.0 Å². The van der Waals surface area contributed by atoms with Crippen molar-refractivity contribution in [2.24, 2.45) is 5.92 Å². The first-order valence-electron chi connectivity index (χ1n) is 6.74. The van der Waals surface area contributed by atoms with Gasteiger partial charge in [-0.05, 0) is 25.7 Å². The topological polar surface area (TPSA) is 81.2 Å². The minimum atomic E-state index is -3.52. The smallest absolute Gasteiger partial charge is 0.248 e. The summed E-state index contributed by atoms with van der Waals surface area (Å²) in [4.78, 5) is 0.120. The van der Waals surface area contributed by atoms with Gasteiger partial charge < -0.3 is 5.73 Å². The summed E-state index contributed by atoms with van der Waals surface area (Å²) in [6.07, 6.45) is 6.14. The largest absolute Gasteiger partial charge is 0.381 e. The lowest BCUT2D eigenvalue weighted by molar-refractivity contribution is 0.387. The number of hydrogen-bond donors (Lipinski definition) is 1. The summed E-state index contributed by atoms with van der Waals surface area (Å²) in [6, 6.07) is 0. The van der Waals surface area contributed by atoms with Crippen molar-refractivity contribution in [1.29, 1.82) is 0 Å². The molecule has 0 aromatic carbocycles. The molecule has 1 aromatic rings. The van der Waals surface area contributed by atoms with Gasteiger partial charge in [-0.2, -0.15) is 5.10 Å². The summed E-state index contributed by atoms with van der Waals surface area (Å²) >= 11 is 0. The summed E-state index contributed by atoms with van der Waals surface area (Å²) in [5.41, 5.74) is 5.71. The van der Waals surface area contributed by atoms with Crippen LogP contribution in [0.15, 0.2) is 11.1 Å². The minimum Gasteiger partial charge on any atom is -0.381 e. The Morgan fingerprint density at radius 2 is 2.11 bits per heavy atom. The first kappa shape index (κ1) is 14.3. The molecule has 0 amide bonds. The molecule has 0 saturated heterocycles. The van der Waals surface area contributed by atoms with Gasteiger partial charge in [0.25, 0.3) is 0 Å². The summed E-state index contributed by atoms with van der Waals surface area (Å²) in [6.45, 7) is 3.07. The Bertz CT molecular complexity index is 532. The highest BCUT2D eigenvalue weighted by molar-refractivity contribution is 7.89. The molecule has 1 heterocycles. The molecule has 1 aliphatic carbocycles.